The average molecular weight is 270 g/mol. The monoisotopic (exact) mass is 270 g/mol. The molecule has 0 saturated heterocycles. The lowest BCUT2D eigenvalue weighted by Gasteiger charge is -2.06. The van der Waals surface area contributed by atoms with Gasteiger partial charge in [-0.05, 0) is 30.2 Å². The predicted octanol–water partition coefficient (Wildman–Crippen LogP) is 1.48. The fourth-order valence-electron chi connectivity index (χ4n) is 1.89. The number of carbonyl (C=O) groups excluding carboxylic acids is 1. The van der Waals surface area contributed by atoms with Crippen molar-refractivity contribution in [3.05, 3.63) is 46.8 Å². The molecule has 0 saturated carbocycles. The molecule has 0 aliphatic rings. The Morgan fingerprint density at radius 2 is 2.30 bits per heavy atom. The summed E-state index contributed by atoms with van der Waals surface area (Å²) in [6.07, 6.45) is 1.59. The van der Waals surface area contributed by atoms with Crippen LogP contribution in [0.1, 0.15) is 27.2 Å². The number of esters is 1. The molecule has 102 valence electrons. The number of hydrogen-bond donors (Lipinski definition) is 1. The molecule has 2 aromatic rings. The van der Waals surface area contributed by atoms with E-state index in [0.29, 0.717) is 12.1 Å². The van der Waals surface area contributed by atoms with Crippen molar-refractivity contribution in [1.82, 2.24) is 9.78 Å². The van der Waals surface area contributed by atoms with Crippen LogP contribution in [-0.4, -0.2) is 22.9 Å². The second kappa shape index (κ2) is 5.45. The number of benzene rings is 1. The zero-order valence-corrected chi connectivity index (χ0v) is 11.3. The first-order valence-corrected chi connectivity index (χ1v) is 5.96. The number of aryl methyl sites for hydroxylation is 1. The van der Waals surface area contributed by atoms with Gasteiger partial charge in [0.15, 0.2) is 5.69 Å². The van der Waals surface area contributed by atoms with E-state index < -0.39 is 5.97 Å². The molecule has 0 atom stereocenters. The highest BCUT2D eigenvalue weighted by Gasteiger charge is 2.15. The molecule has 0 radical (unpaired) electrons. The number of aromatic nitrogens is 2. The standard InChI is InChI=1S/C14H14N4O2/c1-9-5-10(6-15)3-4-11(9)7-18-8-12(16)13(17-18)14(19)20-2/h3-5,8H,7,16H2,1-2H3. The zero-order chi connectivity index (χ0) is 14.7. The molecule has 6 heteroatoms. The van der Waals surface area contributed by atoms with Crippen LogP contribution in [-0.2, 0) is 11.3 Å². The van der Waals surface area contributed by atoms with Gasteiger partial charge in [-0.25, -0.2) is 4.79 Å². The number of nitriles is 1. The summed E-state index contributed by atoms with van der Waals surface area (Å²) in [5.41, 5.74) is 8.72. The fourth-order valence-corrected chi connectivity index (χ4v) is 1.89. The largest absolute Gasteiger partial charge is 0.464 e. The van der Waals surface area contributed by atoms with Crippen molar-refractivity contribution in [3.8, 4) is 6.07 Å². The van der Waals surface area contributed by atoms with Gasteiger partial charge in [0.05, 0.1) is 31.0 Å². The van der Waals surface area contributed by atoms with Gasteiger partial charge in [-0.1, -0.05) is 6.07 Å². The van der Waals surface area contributed by atoms with Crippen molar-refractivity contribution in [2.24, 2.45) is 0 Å². The van der Waals surface area contributed by atoms with Crippen molar-refractivity contribution in [1.29, 1.82) is 5.26 Å². The normalized spacial score (nSPS) is 10.1. The molecule has 1 aromatic carbocycles. The van der Waals surface area contributed by atoms with Gasteiger partial charge in [0.2, 0.25) is 0 Å². The summed E-state index contributed by atoms with van der Waals surface area (Å²) in [5.74, 6) is -0.558. The zero-order valence-electron chi connectivity index (χ0n) is 11.3. The van der Waals surface area contributed by atoms with E-state index in [4.69, 9.17) is 11.0 Å². The number of nitrogens with two attached hydrogens (primary N) is 1. The number of methoxy groups -OCH3 is 1. The number of nitrogens with zero attached hydrogens (tertiary/aromatic N) is 3. The Labute approximate surface area is 116 Å². The van der Waals surface area contributed by atoms with Gasteiger partial charge in [0.25, 0.3) is 0 Å². The Morgan fingerprint density at radius 3 is 2.90 bits per heavy atom. The summed E-state index contributed by atoms with van der Waals surface area (Å²) in [6, 6.07) is 7.51. The summed E-state index contributed by atoms with van der Waals surface area (Å²) in [6.45, 7) is 2.39. The second-order valence-corrected chi connectivity index (χ2v) is 4.38. The predicted molar refractivity (Wildman–Crippen MR) is 73.0 cm³/mol. The third-order valence-electron chi connectivity index (χ3n) is 2.97. The molecular formula is C14H14N4O2. The molecule has 20 heavy (non-hydrogen) atoms. The maximum absolute atomic E-state index is 11.4. The van der Waals surface area contributed by atoms with Gasteiger partial charge in [-0.15, -0.1) is 0 Å². The van der Waals surface area contributed by atoms with Crippen molar-refractivity contribution in [3.63, 3.8) is 0 Å². The van der Waals surface area contributed by atoms with Gasteiger partial charge in [-0.3, -0.25) is 4.68 Å². The molecule has 0 aliphatic heterocycles. The number of ether oxygens (including phenoxy) is 1. The van der Waals surface area contributed by atoms with Crippen LogP contribution >= 0.6 is 0 Å². The van der Waals surface area contributed by atoms with Gasteiger partial charge in [0, 0.05) is 6.20 Å². The van der Waals surface area contributed by atoms with Crippen LogP contribution < -0.4 is 5.73 Å². The molecule has 2 N–H and O–H groups in total. The molecule has 0 unspecified atom stereocenters. The minimum atomic E-state index is -0.558. The average Bonchev–Trinajstić information content (AvgIpc) is 2.81. The minimum Gasteiger partial charge on any atom is -0.464 e. The fraction of sp³-hybridized carbons (Fsp3) is 0.214. The first kappa shape index (κ1) is 13.6. The lowest BCUT2D eigenvalue weighted by atomic mass is 10.1. The molecule has 2 rings (SSSR count). The van der Waals surface area contributed by atoms with E-state index >= 15 is 0 Å². The Bertz CT molecular complexity index is 698. The second-order valence-electron chi connectivity index (χ2n) is 4.38. The van der Waals surface area contributed by atoms with Crippen molar-refractivity contribution >= 4 is 11.7 Å². The van der Waals surface area contributed by atoms with Gasteiger partial charge >= 0.3 is 5.97 Å². The lowest BCUT2D eigenvalue weighted by molar-refractivity contribution is 0.0594. The van der Waals surface area contributed by atoms with Crippen LogP contribution in [0.15, 0.2) is 24.4 Å². The lowest BCUT2D eigenvalue weighted by Crippen LogP contribution is -2.07. The maximum atomic E-state index is 11.4. The Hall–Kier alpha value is -2.81. The van der Waals surface area contributed by atoms with Gasteiger partial charge in [0.1, 0.15) is 0 Å². The number of anilines is 1. The van der Waals surface area contributed by atoms with Crippen molar-refractivity contribution in [2.75, 3.05) is 12.8 Å². The van der Waals surface area contributed by atoms with Crippen LogP contribution in [0.4, 0.5) is 5.69 Å². The highest BCUT2D eigenvalue weighted by molar-refractivity contribution is 5.92. The van der Waals surface area contributed by atoms with Gasteiger partial charge < -0.3 is 10.5 Å². The van der Waals surface area contributed by atoms with Crippen LogP contribution in [0.3, 0.4) is 0 Å². The molecule has 6 nitrogen and oxygen atoms in total. The van der Waals surface area contributed by atoms with E-state index in [2.05, 4.69) is 15.9 Å². The minimum absolute atomic E-state index is 0.110. The van der Waals surface area contributed by atoms with Crippen LogP contribution in [0.25, 0.3) is 0 Å². The first-order chi connectivity index (χ1) is 9.55. The van der Waals surface area contributed by atoms with E-state index in [1.165, 1.54) is 7.11 Å². The van der Waals surface area contributed by atoms with Gasteiger partial charge in [-0.2, -0.15) is 10.4 Å². The van der Waals surface area contributed by atoms with Crippen molar-refractivity contribution < 1.29 is 9.53 Å². The maximum Gasteiger partial charge on any atom is 0.360 e. The molecule has 0 bridgehead atoms. The molecule has 1 heterocycles. The van der Waals surface area contributed by atoms with Crippen LogP contribution in [0.2, 0.25) is 0 Å². The Balaban J connectivity index is 2.27. The van der Waals surface area contributed by atoms with Crippen LogP contribution in [0, 0.1) is 18.3 Å². The quantitative estimate of drug-likeness (QED) is 0.852. The first-order valence-electron chi connectivity index (χ1n) is 5.96. The number of carbonyl (C=O) groups is 1. The Morgan fingerprint density at radius 1 is 1.55 bits per heavy atom. The Kier molecular flexibility index (Phi) is 3.71. The van der Waals surface area contributed by atoms with Crippen LogP contribution in [0.5, 0.6) is 0 Å². The summed E-state index contributed by atoms with van der Waals surface area (Å²) >= 11 is 0. The topological polar surface area (TPSA) is 93.9 Å². The number of nitrogen functional groups attached to an aromatic ring is 1. The summed E-state index contributed by atoms with van der Waals surface area (Å²) in [7, 11) is 1.28. The highest BCUT2D eigenvalue weighted by atomic mass is 16.5. The van der Waals surface area contributed by atoms with E-state index in [0.717, 1.165) is 11.1 Å². The number of rotatable bonds is 3. The molecular weight excluding hydrogens is 256 g/mol. The smallest absolute Gasteiger partial charge is 0.360 e. The molecule has 0 spiro atoms. The van der Waals surface area contributed by atoms with E-state index in [9.17, 15) is 4.79 Å². The van der Waals surface area contributed by atoms with E-state index in [1.807, 2.05) is 19.1 Å². The SMILES string of the molecule is COC(=O)c1nn(Cc2ccc(C#N)cc2C)cc1N. The summed E-state index contributed by atoms with van der Waals surface area (Å²) < 4.78 is 6.18. The van der Waals surface area contributed by atoms with Crippen molar-refractivity contribution in [2.45, 2.75) is 13.5 Å². The molecule has 0 amide bonds. The summed E-state index contributed by atoms with van der Waals surface area (Å²) in [5, 5.41) is 12.9. The molecule has 0 aliphatic carbocycles. The summed E-state index contributed by atoms with van der Waals surface area (Å²) in [4.78, 5) is 11.4. The highest BCUT2D eigenvalue weighted by Crippen LogP contribution is 2.15. The van der Waals surface area contributed by atoms with E-state index in [-0.39, 0.29) is 11.4 Å². The molecule has 0 fully saturated rings. The molecule has 1 aromatic heterocycles. The third-order valence-corrected chi connectivity index (χ3v) is 2.97. The number of hydrogen-bond acceptors (Lipinski definition) is 5. The third kappa shape index (κ3) is 2.62. The van der Waals surface area contributed by atoms with E-state index in [1.54, 1.807) is 16.9 Å².